The van der Waals surface area contributed by atoms with Gasteiger partial charge in [0.15, 0.2) is 0 Å². The number of benzene rings is 2. The van der Waals surface area contributed by atoms with Crippen LogP contribution in [0.3, 0.4) is 0 Å². The van der Waals surface area contributed by atoms with Crippen molar-refractivity contribution in [2.75, 3.05) is 38.8 Å². The van der Waals surface area contributed by atoms with Crippen molar-refractivity contribution >= 4 is 16.6 Å². The zero-order chi connectivity index (χ0) is 24.1. The van der Waals surface area contributed by atoms with Crippen LogP contribution in [-0.2, 0) is 11.2 Å². The van der Waals surface area contributed by atoms with Crippen molar-refractivity contribution in [3.05, 3.63) is 72.1 Å². The number of hydrogen-bond donors (Lipinski definition) is 1. The third kappa shape index (κ3) is 4.92. The first-order valence-corrected chi connectivity index (χ1v) is 11.0. The minimum absolute atomic E-state index is 0.0270. The lowest BCUT2D eigenvalue weighted by Gasteiger charge is -2.23. The lowest BCUT2D eigenvalue weighted by Crippen LogP contribution is -2.26. The van der Waals surface area contributed by atoms with Crippen molar-refractivity contribution in [2.24, 2.45) is 0 Å². The van der Waals surface area contributed by atoms with Gasteiger partial charge in [-0.05, 0) is 42.8 Å². The van der Waals surface area contributed by atoms with Crippen LogP contribution < -0.4 is 9.64 Å². The molecular formula is C26H27FN4O3. The number of methoxy groups -OCH3 is 2. The molecule has 34 heavy (non-hydrogen) atoms. The van der Waals surface area contributed by atoms with Crippen LogP contribution in [0.15, 0.2) is 55.0 Å². The summed E-state index contributed by atoms with van der Waals surface area (Å²) in [5.41, 5.74) is 3.92. The van der Waals surface area contributed by atoms with Crippen molar-refractivity contribution in [1.29, 1.82) is 0 Å². The molecule has 0 amide bonds. The molecule has 0 aliphatic carbocycles. The van der Waals surface area contributed by atoms with Gasteiger partial charge in [-0.15, -0.1) is 0 Å². The summed E-state index contributed by atoms with van der Waals surface area (Å²) in [5.74, 6) is 0.117. The van der Waals surface area contributed by atoms with Crippen LogP contribution in [0.4, 0.5) is 10.1 Å². The number of pyridine rings is 1. The maximum absolute atomic E-state index is 14.9. The molecular weight excluding hydrogens is 435 g/mol. The van der Waals surface area contributed by atoms with Crippen LogP contribution in [0.1, 0.15) is 18.2 Å². The highest BCUT2D eigenvalue weighted by Crippen LogP contribution is 2.31. The fourth-order valence-electron chi connectivity index (χ4n) is 3.90. The SMILES string of the molecule is CCN(CCOC)c1ccc2c(-c3cc(Cc4ncc(OC)cc4O)ccc3F)ncnc2c1. The normalized spacial score (nSPS) is 11.1. The molecule has 0 aliphatic rings. The minimum atomic E-state index is -0.380. The summed E-state index contributed by atoms with van der Waals surface area (Å²) in [6, 6.07) is 12.3. The van der Waals surface area contributed by atoms with Gasteiger partial charge in [0.05, 0.1) is 36.8 Å². The van der Waals surface area contributed by atoms with Crippen LogP contribution in [0.2, 0.25) is 0 Å². The van der Waals surface area contributed by atoms with Crippen molar-refractivity contribution in [3.8, 4) is 22.8 Å². The average molecular weight is 463 g/mol. The first kappa shape index (κ1) is 23.4. The van der Waals surface area contributed by atoms with Crippen LogP contribution in [0.5, 0.6) is 11.5 Å². The van der Waals surface area contributed by atoms with Gasteiger partial charge in [-0.3, -0.25) is 4.98 Å². The van der Waals surface area contributed by atoms with E-state index in [0.717, 1.165) is 35.2 Å². The lowest BCUT2D eigenvalue weighted by atomic mass is 10.0. The first-order chi connectivity index (χ1) is 16.5. The molecule has 0 radical (unpaired) electrons. The molecule has 8 heteroatoms. The van der Waals surface area contributed by atoms with Crippen molar-refractivity contribution in [2.45, 2.75) is 13.3 Å². The van der Waals surface area contributed by atoms with Gasteiger partial charge < -0.3 is 19.5 Å². The molecule has 0 aliphatic heterocycles. The molecule has 2 heterocycles. The molecule has 1 N–H and O–H groups in total. The number of fused-ring (bicyclic) bond motifs is 1. The zero-order valence-electron chi connectivity index (χ0n) is 19.5. The van der Waals surface area contributed by atoms with Crippen LogP contribution in [0.25, 0.3) is 22.2 Å². The predicted octanol–water partition coefficient (Wildman–Crippen LogP) is 4.61. The van der Waals surface area contributed by atoms with E-state index in [-0.39, 0.29) is 11.6 Å². The molecule has 0 bridgehead atoms. The molecule has 0 saturated carbocycles. The van der Waals surface area contributed by atoms with Crippen LogP contribution in [-0.4, -0.2) is 54.0 Å². The van der Waals surface area contributed by atoms with E-state index in [9.17, 15) is 9.50 Å². The summed E-state index contributed by atoms with van der Waals surface area (Å²) in [4.78, 5) is 15.3. The third-order valence-corrected chi connectivity index (χ3v) is 5.75. The summed E-state index contributed by atoms with van der Waals surface area (Å²) in [6.07, 6.45) is 3.33. The number of nitrogens with zero attached hydrogens (tertiary/aromatic N) is 4. The Morgan fingerprint density at radius 1 is 1.03 bits per heavy atom. The Morgan fingerprint density at radius 3 is 2.62 bits per heavy atom. The maximum atomic E-state index is 14.9. The Balaban J connectivity index is 1.70. The van der Waals surface area contributed by atoms with E-state index in [0.29, 0.717) is 35.7 Å². The maximum Gasteiger partial charge on any atom is 0.141 e. The first-order valence-electron chi connectivity index (χ1n) is 11.0. The number of halogens is 1. The fraction of sp³-hybridized carbons (Fsp3) is 0.269. The lowest BCUT2D eigenvalue weighted by molar-refractivity contribution is 0.205. The van der Waals surface area contributed by atoms with Gasteiger partial charge in [0, 0.05) is 49.3 Å². The van der Waals surface area contributed by atoms with Gasteiger partial charge in [0.1, 0.15) is 23.6 Å². The molecule has 0 fully saturated rings. The van der Waals surface area contributed by atoms with Crippen LogP contribution >= 0.6 is 0 Å². The van der Waals surface area contributed by atoms with E-state index >= 15 is 0 Å². The Hall–Kier alpha value is -3.78. The third-order valence-electron chi connectivity index (χ3n) is 5.75. The van der Waals surface area contributed by atoms with Gasteiger partial charge in [-0.1, -0.05) is 6.07 Å². The van der Waals surface area contributed by atoms with Gasteiger partial charge in [0.2, 0.25) is 0 Å². The molecule has 0 saturated heterocycles. The molecule has 7 nitrogen and oxygen atoms in total. The van der Waals surface area contributed by atoms with Crippen molar-refractivity contribution < 1.29 is 19.0 Å². The molecule has 0 spiro atoms. The number of anilines is 1. The van der Waals surface area contributed by atoms with E-state index in [2.05, 4.69) is 26.8 Å². The molecule has 0 atom stereocenters. The number of likely N-dealkylation sites (N-methyl/N-ethyl adjacent to an activating group) is 1. The Labute approximate surface area is 197 Å². The van der Waals surface area contributed by atoms with Gasteiger partial charge in [-0.25, -0.2) is 14.4 Å². The number of ether oxygens (including phenoxy) is 2. The average Bonchev–Trinajstić information content (AvgIpc) is 2.86. The highest BCUT2D eigenvalue weighted by Gasteiger charge is 2.15. The smallest absolute Gasteiger partial charge is 0.141 e. The topological polar surface area (TPSA) is 80.6 Å². The summed E-state index contributed by atoms with van der Waals surface area (Å²) in [5, 5.41) is 11.0. The quantitative estimate of drug-likeness (QED) is 0.389. The predicted molar refractivity (Wildman–Crippen MR) is 130 cm³/mol. The molecule has 2 aromatic heterocycles. The summed E-state index contributed by atoms with van der Waals surface area (Å²) < 4.78 is 25.2. The molecule has 2 aromatic carbocycles. The van der Waals surface area contributed by atoms with E-state index in [1.165, 1.54) is 25.6 Å². The van der Waals surface area contributed by atoms with Gasteiger partial charge >= 0.3 is 0 Å². The monoisotopic (exact) mass is 462 g/mol. The fourth-order valence-corrected chi connectivity index (χ4v) is 3.90. The standard InChI is InChI=1S/C26H27FN4O3/c1-4-31(9-10-33-2)18-6-7-20-23(13-18)29-16-30-26(20)21-11-17(5-8-22(21)27)12-24-25(32)14-19(34-3)15-28-24/h5-8,11,13-16,32H,4,9-10,12H2,1-3H3. The summed E-state index contributed by atoms with van der Waals surface area (Å²) in [7, 11) is 3.19. The number of rotatable bonds is 9. The molecule has 176 valence electrons. The Bertz CT molecular complexity index is 1300. The van der Waals surface area contributed by atoms with Gasteiger partial charge in [0.25, 0.3) is 0 Å². The number of hydrogen-bond acceptors (Lipinski definition) is 7. The number of aromatic hydroxyl groups is 1. The summed E-state index contributed by atoms with van der Waals surface area (Å²) >= 11 is 0. The van der Waals surface area contributed by atoms with Crippen molar-refractivity contribution in [3.63, 3.8) is 0 Å². The molecule has 0 unspecified atom stereocenters. The molecule has 4 rings (SSSR count). The van der Waals surface area contributed by atoms with Crippen LogP contribution in [0, 0.1) is 5.82 Å². The highest BCUT2D eigenvalue weighted by molar-refractivity contribution is 5.94. The van der Waals surface area contributed by atoms with E-state index in [1.54, 1.807) is 25.4 Å². The van der Waals surface area contributed by atoms with Crippen molar-refractivity contribution in [1.82, 2.24) is 15.0 Å². The second-order valence-corrected chi connectivity index (χ2v) is 7.83. The Kier molecular flexibility index (Phi) is 7.18. The number of aromatic nitrogens is 3. The zero-order valence-corrected chi connectivity index (χ0v) is 19.5. The highest BCUT2D eigenvalue weighted by atomic mass is 19.1. The minimum Gasteiger partial charge on any atom is -0.506 e. The largest absolute Gasteiger partial charge is 0.506 e. The van der Waals surface area contributed by atoms with Gasteiger partial charge in [-0.2, -0.15) is 0 Å². The summed E-state index contributed by atoms with van der Waals surface area (Å²) in [6.45, 7) is 4.30. The molecule has 4 aromatic rings. The van der Waals surface area contributed by atoms with E-state index < -0.39 is 0 Å². The second-order valence-electron chi connectivity index (χ2n) is 7.83. The van der Waals surface area contributed by atoms with E-state index in [4.69, 9.17) is 9.47 Å². The van der Waals surface area contributed by atoms with E-state index in [1.807, 2.05) is 18.2 Å². The second kappa shape index (κ2) is 10.4. The Morgan fingerprint density at radius 2 is 1.88 bits per heavy atom.